The molecule has 0 aliphatic heterocycles. The molecule has 1 atom stereocenters. The third kappa shape index (κ3) is 3.29. The molecule has 1 rings (SSSR count). The zero-order chi connectivity index (χ0) is 12.1. The summed E-state index contributed by atoms with van der Waals surface area (Å²) in [5.74, 6) is -0.956. The topological polar surface area (TPSA) is 69.6 Å². The molecule has 1 aromatic carbocycles. The Labute approximate surface area is 92.7 Å². The Morgan fingerprint density at radius 1 is 1.56 bits per heavy atom. The van der Waals surface area contributed by atoms with Crippen LogP contribution in [-0.4, -0.2) is 35.4 Å². The first kappa shape index (κ1) is 12.6. The molecule has 3 N–H and O–H groups in total. The van der Waals surface area contributed by atoms with Crippen LogP contribution in [0.2, 0.25) is 0 Å². The van der Waals surface area contributed by atoms with E-state index >= 15 is 0 Å². The summed E-state index contributed by atoms with van der Waals surface area (Å²) in [6.07, 6.45) is -1.00. The van der Waals surface area contributed by atoms with Gasteiger partial charge in [0.15, 0.2) is 0 Å². The normalized spacial score (nSPS) is 12.2. The maximum atomic E-state index is 12.9. The molecule has 0 saturated heterocycles. The van der Waals surface area contributed by atoms with Gasteiger partial charge in [-0.2, -0.15) is 0 Å². The van der Waals surface area contributed by atoms with Crippen LogP contribution in [0.15, 0.2) is 18.2 Å². The number of aryl methyl sites for hydroxylation is 1. The van der Waals surface area contributed by atoms with Crippen LogP contribution in [0.25, 0.3) is 0 Å². The van der Waals surface area contributed by atoms with Crippen molar-refractivity contribution >= 4 is 5.91 Å². The monoisotopic (exact) mass is 227 g/mol. The minimum Gasteiger partial charge on any atom is -0.394 e. The fourth-order valence-electron chi connectivity index (χ4n) is 1.21. The fourth-order valence-corrected chi connectivity index (χ4v) is 1.21. The number of rotatable bonds is 4. The average Bonchev–Trinajstić information content (AvgIpc) is 2.28. The van der Waals surface area contributed by atoms with Crippen LogP contribution >= 0.6 is 0 Å². The van der Waals surface area contributed by atoms with Crippen LogP contribution in [0, 0.1) is 12.7 Å². The van der Waals surface area contributed by atoms with Crippen molar-refractivity contribution in [3.8, 4) is 0 Å². The number of benzene rings is 1. The van der Waals surface area contributed by atoms with E-state index in [0.29, 0.717) is 5.56 Å². The molecule has 16 heavy (non-hydrogen) atoms. The largest absolute Gasteiger partial charge is 0.394 e. The molecule has 0 aromatic heterocycles. The standard InChI is InChI=1S/C11H14FNO3/c1-7-2-3-8(12)4-10(7)11(16)13-5-9(15)6-14/h2-4,9,14-15H,5-6H2,1H3,(H,13,16). The molecule has 1 amide bonds. The van der Waals surface area contributed by atoms with Gasteiger partial charge in [-0.25, -0.2) is 4.39 Å². The van der Waals surface area contributed by atoms with Crippen molar-refractivity contribution in [2.24, 2.45) is 0 Å². The van der Waals surface area contributed by atoms with Gasteiger partial charge >= 0.3 is 0 Å². The fraction of sp³-hybridized carbons (Fsp3) is 0.364. The number of hydrogen-bond donors (Lipinski definition) is 3. The van der Waals surface area contributed by atoms with Gasteiger partial charge in [-0.3, -0.25) is 4.79 Å². The van der Waals surface area contributed by atoms with Crippen molar-refractivity contribution in [1.82, 2.24) is 5.32 Å². The van der Waals surface area contributed by atoms with Gasteiger partial charge in [-0.05, 0) is 24.6 Å². The van der Waals surface area contributed by atoms with Crippen LogP contribution in [0.3, 0.4) is 0 Å². The Kier molecular flexibility index (Phi) is 4.39. The Hall–Kier alpha value is -1.46. The number of hydrogen-bond acceptors (Lipinski definition) is 3. The van der Waals surface area contributed by atoms with Crippen molar-refractivity contribution in [3.63, 3.8) is 0 Å². The van der Waals surface area contributed by atoms with Gasteiger partial charge < -0.3 is 15.5 Å². The van der Waals surface area contributed by atoms with E-state index < -0.39 is 24.4 Å². The molecule has 0 heterocycles. The predicted octanol–water partition coefficient (Wildman–Crippen LogP) is 0.217. The lowest BCUT2D eigenvalue weighted by Crippen LogP contribution is -2.34. The summed E-state index contributed by atoms with van der Waals surface area (Å²) in [7, 11) is 0. The Balaban J connectivity index is 2.69. The quantitative estimate of drug-likeness (QED) is 0.689. The van der Waals surface area contributed by atoms with Crippen molar-refractivity contribution < 1.29 is 19.4 Å². The molecule has 0 saturated carbocycles. The zero-order valence-electron chi connectivity index (χ0n) is 8.90. The predicted molar refractivity (Wildman–Crippen MR) is 56.6 cm³/mol. The highest BCUT2D eigenvalue weighted by Crippen LogP contribution is 2.09. The number of amides is 1. The summed E-state index contributed by atoms with van der Waals surface area (Å²) in [4.78, 5) is 11.6. The number of aliphatic hydroxyl groups is 2. The molecule has 0 spiro atoms. The molecule has 1 unspecified atom stereocenters. The van der Waals surface area contributed by atoms with Gasteiger partial charge in [0, 0.05) is 12.1 Å². The van der Waals surface area contributed by atoms with Crippen molar-refractivity contribution in [1.29, 1.82) is 0 Å². The second-order valence-electron chi connectivity index (χ2n) is 3.51. The third-order valence-corrected chi connectivity index (χ3v) is 2.15. The molecular formula is C11H14FNO3. The van der Waals surface area contributed by atoms with E-state index in [0.717, 1.165) is 6.07 Å². The number of halogens is 1. The van der Waals surface area contributed by atoms with Crippen LogP contribution in [0.1, 0.15) is 15.9 Å². The summed E-state index contributed by atoms with van der Waals surface area (Å²) in [5, 5.41) is 20.0. The van der Waals surface area contributed by atoms with E-state index in [2.05, 4.69) is 5.32 Å². The number of aliphatic hydroxyl groups excluding tert-OH is 2. The van der Waals surface area contributed by atoms with E-state index in [1.807, 2.05) is 0 Å². The summed E-state index contributed by atoms with van der Waals surface area (Å²) < 4.78 is 12.9. The smallest absolute Gasteiger partial charge is 0.251 e. The number of carbonyl (C=O) groups is 1. The Morgan fingerprint density at radius 3 is 2.88 bits per heavy atom. The number of carbonyl (C=O) groups excluding carboxylic acids is 1. The van der Waals surface area contributed by atoms with Crippen molar-refractivity contribution in [2.45, 2.75) is 13.0 Å². The maximum Gasteiger partial charge on any atom is 0.251 e. The lowest BCUT2D eigenvalue weighted by Gasteiger charge is -2.10. The minimum atomic E-state index is -1.00. The second kappa shape index (κ2) is 5.58. The average molecular weight is 227 g/mol. The van der Waals surface area contributed by atoms with E-state index in [1.165, 1.54) is 12.1 Å². The van der Waals surface area contributed by atoms with Crippen molar-refractivity contribution in [2.75, 3.05) is 13.2 Å². The molecule has 0 aliphatic carbocycles. The first-order valence-corrected chi connectivity index (χ1v) is 4.88. The Bertz CT molecular complexity index is 381. The maximum absolute atomic E-state index is 12.9. The van der Waals surface area contributed by atoms with Gasteiger partial charge in [-0.15, -0.1) is 0 Å². The van der Waals surface area contributed by atoms with Gasteiger partial charge in [0.25, 0.3) is 5.91 Å². The molecular weight excluding hydrogens is 213 g/mol. The molecule has 5 heteroatoms. The first-order valence-electron chi connectivity index (χ1n) is 4.88. The lowest BCUT2D eigenvalue weighted by atomic mass is 10.1. The van der Waals surface area contributed by atoms with Gasteiger partial charge in [0.1, 0.15) is 5.82 Å². The van der Waals surface area contributed by atoms with Gasteiger partial charge in [0.2, 0.25) is 0 Å². The molecule has 0 aliphatic rings. The van der Waals surface area contributed by atoms with Crippen LogP contribution < -0.4 is 5.32 Å². The second-order valence-corrected chi connectivity index (χ2v) is 3.51. The highest BCUT2D eigenvalue weighted by atomic mass is 19.1. The first-order chi connectivity index (χ1) is 7.54. The minimum absolute atomic E-state index is 0.0642. The summed E-state index contributed by atoms with van der Waals surface area (Å²) >= 11 is 0. The highest BCUT2D eigenvalue weighted by Gasteiger charge is 2.11. The van der Waals surface area contributed by atoms with Gasteiger partial charge in [0.05, 0.1) is 12.7 Å². The van der Waals surface area contributed by atoms with Crippen LogP contribution in [0.4, 0.5) is 4.39 Å². The summed E-state index contributed by atoms with van der Waals surface area (Å²) in [5.41, 5.74) is 0.877. The molecule has 0 bridgehead atoms. The van der Waals surface area contributed by atoms with Crippen LogP contribution in [-0.2, 0) is 0 Å². The van der Waals surface area contributed by atoms with E-state index in [-0.39, 0.29) is 12.1 Å². The van der Waals surface area contributed by atoms with Gasteiger partial charge in [-0.1, -0.05) is 6.07 Å². The van der Waals surface area contributed by atoms with Crippen LogP contribution in [0.5, 0.6) is 0 Å². The summed E-state index contributed by atoms with van der Waals surface area (Å²) in [6.45, 7) is 1.20. The molecule has 88 valence electrons. The molecule has 1 aromatic rings. The zero-order valence-corrected chi connectivity index (χ0v) is 8.90. The van der Waals surface area contributed by atoms with E-state index in [4.69, 9.17) is 10.2 Å². The molecule has 4 nitrogen and oxygen atoms in total. The lowest BCUT2D eigenvalue weighted by molar-refractivity contribution is 0.0801. The van der Waals surface area contributed by atoms with Crippen molar-refractivity contribution in [3.05, 3.63) is 35.1 Å². The van der Waals surface area contributed by atoms with E-state index in [1.54, 1.807) is 6.92 Å². The molecule has 0 fully saturated rings. The third-order valence-electron chi connectivity index (χ3n) is 2.15. The number of nitrogens with one attached hydrogen (secondary N) is 1. The highest BCUT2D eigenvalue weighted by molar-refractivity contribution is 5.95. The van der Waals surface area contributed by atoms with E-state index in [9.17, 15) is 9.18 Å². The SMILES string of the molecule is Cc1ccc(F)cc1C(=O)NCC(O)CO. The molecule has 0 radical (unpaired) electrons. The Morgan fingerprint density at radius 2 is 2.25 bits per heavy atom. The summed E-state index contributed by atoms with van der Waals surface area (Å²) in [6, 6.07) is 3.91.